The molecule has 1 N–H and O–H groups in total. The average Bonchev–Trinajstić information content (AvgIpc) is 2.69. The molecule has 0 aromatic heterocycles. The van der Waals surface area contributed by atoms with E-state index in [-0.39, 0.29) is 22.7 Å². The zero-order valence-electron chi connectivity index (χ0n) is 13.2. The Bertz CT molecular complexity index is 379. The lowest BCUT2D eigenvalue weighted by molar-refractivity contribution is -0.141. The first-order chi connectivity index (χ1) is 9.04. The van der Waals surface area contributed by atoms with Crippen molar-refractivity contribution in [2.75, 3.05) is 19.3 Å². The molecule has 1 fully saturated rings. The van der Waals surface area contributed by atoms with Crippen molar-refractivity contribution in [1.82, 2.24) is 9.80 Å². The molecule has 1 aliphatic heterocycles. The summed E-state index contributed by atoms with van der Waals surface area (Å²) in [4.78, 5) is 27.2. The van der Waals surface area contributed by atoms with Crippen molar-refractivity contribution in [3.05, 3.63) is 0 Å². The van der Waals surface area contributed by atoms with Crippen molar-refractivity contribution >= 4 is 23.8 Å². The molecule has 0 bridgehead atoms. The van der Waals surface area contributed by atoms with E-state index in [1.807, 2.05) is 13.8 Å². The van der Waals surface area contributed by atoms with Crippen molar-refractivity contribution in [2.24, 2.45) is 11.3 Å². The minimum absolute atomic E-state index is 0.0106. The third kappa shape index (κ3) is 4.04. The van der Waals surface area contributed by atoms with E-state index in [4.69, 9.17) is 0 Å². The normalized spacial score (nSPS) is 23.2. The number of amides is 2. The number of hydrogen-bond acceptors (Lipinski definition) is 3. The van der Waals surface area contributed by atoms with E-state index in [0.29, 0.717) is 12.3 Å². The first-order valence-electron chi connectivity index (χ1n) is 6.92. The fourth-order valence-corrected chi connectivity index (χ4v) is 3.92. The summed E-state index contributed by atoms with van der Waals surface area (Å²) in [5.41, 5.74) is -0.0106. The molecule has 1 rings (SSSR count). The van der Waals surface area contributed by atoms with Gasteiger partial charge in [0.2, 0.25) is 0 Å². The maximum atomic E-state index is 12.6. The zero-order valence-corrected chi connectivity index (χ0v) is 14.0. The summed E-state index contributed by atoms with van der Waals surface area (Å²) in [6.45, 7) is 10.8. The van der Waals surface area contributed by atoms with Crippen LogP contribution in [-0.4, -0.2) is 57.7 Å². The fourth-order valence-electron chi connectivity index (χ4n) is 2.45. The Morgan fingerprint density at radius 3 is 2.35 bits per heavy atom. The Morgan fingerprint density at radius 1 is 1.40 bits per heavy atom. The summed E-state index contributed by atoms with van der Waals surface area (Å²) in [7, 11) is 1.74. The van der Waals surface area contributed by atoms with Crippen LogP contribution in [0.1, 0.15) is 34.6 Å². The summed E-state index contributed by atoms with van der Waals surface area (Å²) < 4.78 is 0. The lowest BCUT2D eigenvalue weighted by atomic mass is 9.96. The van der Waals surface area contributed by atoms with E-state index in [1.54, 1.807) is 28.6 Å². The van der Waals surface area contributed by atoms with Gasteiger partial charge < -0.3 is 10.0 Å². The van der Waals surface area contributed by atoms with Gasteiger partial charge in [0, 0.05) is 19.3 Å². The first-order valence-corrected chi connectivity index (χ1v) is 7.97. The molecule has 1 aliphatic rings. The number of aliphatic carboxylic acids is 1. The molecule has 0 aromatic rings. The van der Waals surface area contributed by atoms with Gasteiger partial charge in [-0.05, 0) is 11.3 Å². The monoisotopic (exact) mass is 302 g/mol. The number of carbonyl (C=O) groups is 2. The van der Waals surface area contributed by atoms with E-state index in [0.717, 1.165) is 0 Å². The number of carbonyl (C=O) groups excluding carboxylic acids is 1. The molecule has 0 spiro atoms. The predicted octanol–water partition coefficient (Wildman–Crippen LogP) is 2.57. The van der Waals surface area contributed by atoms with Gasteiger partial charge in [-0.15, -0.1) is 11.8 Å². The van der Waals surface area contributed by atoms with Crippen LogP contribution in [0, 0.1) is 11.3 Å². The van der Waals surface area contributed by atoms with Crippen LogP contribution >= 0.6 is 11.8 Å². The van der Waals surface area contributed by atoms with Gasteiger partial charge in [-0.25, -0.2) is 9.59 Å². The Morgan fingerprint density at radius 2 is 1.95 bits per heavy atom. The quantitative estimate of drug-likeness (QED) is 0.870. The van der Waals surface area contributed by atoms with Crippen LogP contribution < -0.4 is 0 Å². The lowest BCUT2D eigenvalue weighted by Crippen LogP contribution is -2.53. The summed E-state index contributed by atoms with van der Waals surface area (Å²) in [5.74, 6) is -0.220. The lowest BCUT2D eigenvalue weighted by Gasteiger charge is -2.35. The topological polar surface area (TPSA) is 60.9 Å². The van der Waals surface area contributed by atoms with Gasteiger partial charge in [0.15, 0.2) is 0 Å². The predicted molar refractivity (Wildman–Crippen MR) is 81.8 cm³/mol. The average molecular weight is 302 g/mol. The van der Waals surface area contributed by atoms with Crippen LogP contribution in [-0.2, 0) is 4.79 Å². The van der Waals surface area contributed by atoms with Crippen LogP contribution in [0.3, 0.4) is 0 Å². The van der Waals surface area contributed by atoms with Crippen LogP contribution in [0.4, 0.5) is 4.79 Å². The number of rotatable bonds is 3. The smallest absolute Gasteiger partial charge is 0.327 e. The van der Waals surface area contributed by atoms with Gasteiger partial charge in [-0.3, -0.25) is 4.90 Å². The zero-order chi connectivity index (χ0) is 15.7. The Hall–Kier alpha value is -0.910. The standard InChI is InChI=1S/C14H26N2O3S/c1-9(2)11-16(10(7-20-11)12(17)18)13(19)15(6)8-14(3,4)5/h9-11H,7-8H2,1-6H3,(H,17,18). The highest BCUT2D eigenvalue weighted by Crippen LogP contribution is 2.35. The maximum Gasteiger partial charge on any atom is 0.327 e. The second-order valence-electron chi connectivity index (χ2n) is 6.93. The second kappa shape index (κ2) is 6.24. The molecule has 0 radical (unpaired) electrons. The van der Waals surface area contributed by atoms with Gasteiger partial charge in [0.1, 0.15) is 6.04 Å². The molecule has 20 heavy (non-hydrogen) atoms. The van der Waals surface area contributed by atoms with Gasteiger partial charge in [0.05, 0.1) is 5.37 Å². The molecule has 116 valence electrons. The van der Waals surface area contributed by atoms with Crippen LogP contribution in [0.25, 0.3) is 0 Å². The molecule has 1 heterocycles. The Labute approximate surface area is 125 Å². The summed E-state index contributed by atoms with van der Waals surface area (Å²) >= 11 is 1.56. The molecule has 5 nitrogen and oxygen atoms in total. The number of hydrogen-bond donors (Lipinski definition) is 1. The van der Waals surface area contributed by atoms with Crippen LogP contribution in [0.15, 0.2) is 0 Å². The first kappa shape index (κ1) is 17.1. The van der Waals surface area contributed by atoms with Crippen LogP contribution in [0.2, 0.25) is 0 Å². The van der Waals surface area contributed by atoms with E-state index in [9.17, 15) is 14.7 Å². The summed E-state index contributed by atoms with van der Waals surface area (Å²) in [6.07, 6.45) is 0. The third-order valence-corrected chi connectivity index (χ3v) is 4.77. The summed E-state index contributed by atoms with van der Waals surface area (Å²) in [5, 5.41) is 9.26. The fraction of sp³-hybridized carbons (Fsp3) is 0.857. The highest BCUT2D eigenvalue weighted by Gasteiger charge is 2.44. The van der Waals surface area contributed by atoms with E-state index in [1.165, 1.54) is 0 Å². The van der Waals surface area contributed by atoms with E-state index >= 15 is 0 Å². The molecular weight excluding hydrogens is 276 g/mol. The molecule has 1 saturated heterocycles. The number of nitrogens with zero attached hydrogens (tertiary/aromatic N) is 2. The van der Waals surface area contributed by atoms with Gasteiger partial charge >= 0.3 is 12.0 Å². The molecular formula is C14H26N2O3S. The molecule has 0 aromatic carbocycles. The molecule has 2 amide bonds. The minimum atomic E-state index is -0.918. The van der Waals surface area contributed by atoms with E-state index in [2.05, 4.69) is 20.8 Å². The van der Waals surface area contributed by atoms with Crippen molar-refractivity contribution in [3.8, 4) is 0 Å². The molecule has 6 heteroatoms. The number of carboxylic acid groups (broad SMARTS) is 1. The Kier molecular flexibility index (Phi) is 5.35. The van der Waals surface area contributed by atoms with Crippen molar-refractivity contribution < 1.29 is 14.7 Å². The minimum Gasteiger partial charge on any atom is -0.480 e. The largest absolute Gasteiger partial charge is 0.480 e. The SMILES string of the molecule is CC(C)C1SCC(C(=O)O)N1C(=O)N(C)CC(C)(C)C. The van der Waals surface area contributed by atoms with E-state index < -0.39 is 12.0 Å². The molecule has 2 atom stereocenters. The van der Waals surface area contributed by atoms with Crippen molar-refractivity contribution in [2.45, 2.75) is 46.0 Å². The maximum absolute atomic E-state index is 12.6. The van der Waals surface area contributed by atoms with Crippen molar-refractivity contribution in [1.29, 1.82) is 0 Å². The highest BCUT2D eigenvalue weighted by molar-refractivity contribution is 8.00. The number of carboxylic acids is 1. The third-order valence-electron chi connectivity index (χ3n) is 3.15. The van der Waals surface area contributed by atoms with Gasteiger partial charge in [-0.2, -0.15) is 0 Å². The molecule has 0 aliphatic carbocycles. The summed E-state index contributed by atoms with van der Waals surface area (Å²) in [6, 6.07) is -0.904. The van der Waals surface area contributed by atoms with Crippen molar-refractivity contribution in [3.63, 3.8) is 0 Å². The van der Waals surface area contributed by atoms with Crippen LogP contribution in [0.5, 0.6) is 0 Å². The van der Waals surface area contributed by atoms with Gasteiger partial charge in [-0.1, -0.05) is 34.6 Å². The highest BCUT2D eigenvalue weighted by atomic mass is 32.2. The molecule has 0 saturated carbocycles. The molecule has 2 unspecified atom stereocenters. The Balaban J connectivity index is 2.92. The number of thioether (sulfide) groups is 1. The second-order valence-corrected chi connectivity index (χ2v) is 8.08. The number of urea groups is 1. The van der Waals surface area contributed by atoms with Gasteiger partial charge in [0.25, 0.3) is 0 Å².